The highest BCUT2D eigenvalue weighted by Gasteiger charge is 2.46. The lowest BCUT2D eigenvalue weighted by Crippen LogP contribution is -2.28. The van der Waals surface area contributed by atoms with E-state index in [0.717, 1.165) is 61.1 Å². The Hall–Kier alpha value is -7.36. The van der Waals surface area contributed by atoms with Gasteiger partial charge in [0, 0.05) is 27.5 Å². The van der Waals surface area contributed by atoms with Crippen LogP contribution in [0.1, 0.15) is 22.3 Å². The number of fused-ring (bicyclic) bond motifs is 6. The fourth-order valence-electron chi connectivity index (χ4n) is 8.89. The number of nitrogens with zero attached hydrogens (tertiary/aromatic N) is 2. The molecule has 262 valence electrons. The first-order valence-electron chi connectivity index (χ1n) is 19.1. The van der Waals surface area contributed by atoms with Gasteiger partial charge >= 0.3 is 0 Å². The van der Waals surface area contributed by atoms with Crippen LogP contribution in [0.5, 0.6) is 0 Å². The van der Waals surface area contributed by atoms with Gasteiger partial charge in [-0.15, -0.1) is 0 Å². The van der Waals surface area contributed by atoms with Crippen molar-refractivity contribution in [3.8, 4) is 56.2 Å². The van der Waals surface area contributed by atoms with Gasteiger partial charge in [-0.1, -0.05) is 182 Å². The van der Waals surface area contributed by atoms with Gasteiger partial charge in [0.05, 0.1) is 16.8 Å². The van der Waals surface area contributed by atoms with Crippen LogP contribution in [-0.2, 0) is 5.41 Å². The topological polar surface area (TPSA) is 38.9 Å². The van der Waals surface area contributed by atoms with Crippen LogP contribution in [0.15, 0.2) is 211 Å². The Morgan fingerprint density at radius 1 is 0.357 bits per heavy atom. The van der Waals surface area contributed by atoms with Crippen LogP contribution < -0.4 is 0 Å². The highest BCUT2D eigenvalue weighted by Crippen LogP contribution is 2.57. The average Bonchev–Trinajstić information content (AvgIpc) is 3.80. The molecule has 56 heavy (non-hydrogen) atoms. The normalized spacial score (nSPS) is 12.8. The molecule has 0 aliphatic heterocycles. The third kappa shape index (κ3) is 4.98. The zero-order valence-corrected chi connectivity index (χ0v) is 30.4. The minimum Gasteiger partial charge on any atom is -0.456 e. The van der Waals surface area contributed by atoms with E-state index in [-0.39, 0.29) is 0 Å². The minimum absolute atomic E-state index is 0.486. The first-order chi connectivity index (χ1) is 27.8. The summed E-state index contributed by atoms with van der Waals surface area (Å²) in [5, 5.41) is 2.22. The third-order valence-corrected chi connectivity index (χ3v) is 11.4. The van der Waals surface area contributed by atoms with Crippen molar-refractivity contribution in [2.24, 2.45) is 0 Å². The molecule has 0 atom stereocenters. The summed E-state index contributed by atoms with van der Waals surface area (Å²) in [4.78, 5) is 10.1. The Bertz CT molecular complexity index is 2950. The molecule has 1 aliphatic carbocycles. The molecule has 10 aromatic rings. The van der Waals surface area contributed by atoms with Gasteiger partial charge in [0.2, 0.25) is 0 Å². The molecule has 8 aromatic carbocycles. The molecule has 11 rings (SSSR count). The van der Waals surface area contributed by atoms with Gasteiger partial charge in [-0.25, -0.2) is 9.97 Å². The van der Waals surface area contributed by atoms with E-state index in [1.54, 1.807) is 0 Å². The monoisotopic (exact) mass is 714 g/mol. The maximum Gasteiger partial charge on any atom is 0.160 e. The van der Waals surface area contributed by atoms with Gasteiger partial charge in [-0.2, -0.15) is 0 Å². The van der Waals surface area contributed by atoms with Crippen LogP contribution in [0.4, 0.5) is 0 Å². The maximum atomic E-state index is 6.79. The van der Waals surface area contributed by atoms with Gasteiger partial charge in [-0.05, 0) is 68.8 Å². The number of furan rings is 1. The molecule has 0 spiro atoms. The van der Waals surface area contributed by atoms with E-state index in [9.17, 15) is 0 Å². The minimum atomic E-state index is -0.486. The van der Waals surface area contributed by atoms with E-state index >= 15 is 0 Å². The number of hydrogen-bond acceptors (Lipinski definition) is 3. The molecule has 3 heteroatoms. The molecule has 0 saturated carbocycles. The number of rotatable bonds is 6. The van der Waals surface area contributed by atoms with Crippen LogP contribution in [0.25, 0.3) is 78.1 Å². The third-order valence-electron chi connectivity index (χ3n) is 11.4. The molecule has 2 heterocycles. The second-order valence-corrected chi connectivity index (χ2v) is 14.5. The van der Waals surface area contributed by atoms with E-state index in [1.807, 2.05) is 36.4 Å². The predicted molar refractivity (Wildman–Crippen MR) is 228 cm³/mol. The SMILES string of the molecule is c1ccc(-c2cc(-c3ccccc3)nc(-c3ccc(-c4cccc5oc6cc7c(cc6c45)-c4ccccc4C7(c4ccccc4)c4ccccc4)cc3)n2)cc1. The zero-order chi connectivity index (χ0) is 37.1. The Labute approximate surface area is 325 Å². The molecule has 0 fully saturated rings. The van der Waals surface area contributed by atoms with Crippen LogP contribution in [-0.4, -0.2) is 9.97 Å². The standard InChI is InChI=1S/C53H34N2O/c1-5-16-36(17-6-1)47-34-48(37-18-7-2-8-19-37)55-52(54-47)38-30-28-35(29-31-38)41-25-15-27-49-51(41)44-32-43-42-24-13-14-26-45(42)53(39-20-9-3-10-21-39,40-22-11-4-12-23-40)46(43)33-50(44)56-49/h1-34H. The summed E-state index contributed by atoms with van der Waals surface area (Å²) in [5.41, 5.74) is 15.8. The number of aromatic nitrogens is 2. The van der Waals surface area contributed by atoms with Crippen molar-refractivity contribution in [3.63, 3.8) is 0 Å². The Morgan fingerprint density at radius 2 is 0.893 bits per heavy atom. The van der Waals surface area contributed by atoms with E-state index < -0.39 is 5.41 Å². The molecule has 1 aliphatic rings. The quantitative estimate of drug-likeness (QED) is 0.172. The molecule has 0 N–H and O–H groups in total. The maximum absolute atomic E-state index is 6.79. The lowest BCUT2D eigenvalue weighted by molar-refractivity contribution is 0.666. The summed E-state index contributed by atoms with van der Waals surface area (Å²) in [7, 11) is 0. The Kier molecular flexibility index (Phi) is 7.39. The first kappa shape index (κ1) is 32.1. The first-order valence-corrected chi connectivity index (χ1v) is 19.1. The van der Waals surface area contributed by atoms with Gasteiger partial charge in [0.15, 0.2) is 5.82 Å². The van der Waals surface area contributed by atoms with Gasteiger partial charge in [-0.3, -0.25) is 0 Å². The second kappa shape index (κ2) is 12.9. The second-order valence-electron chi connectivity index (χ2n) is 14.5. The largest absolute Gasteiger partial charge is 0.456 e. The van der Waals surface area contributed by atoms with Crippen molar-refractivity contribution in [2.75, 3.05) is 0 Å². The molecular weight excluding hydrogens is 681 g/mol. The zero-order valence-electron chi connectivity index (χ0n) is 30.4. The van der Waals surface area contributed by atoms with Gasteiger partial charge in [0.25, 0.3) is 0 Å². The summed E-state index contributed by atoms with van der Waals surface area (Å²) in [5.74, 6) is 0.693. The van der Waals surface area contributed by atoms with E-state index in [0.29, 0.717) is 5.82 Å². The fraction of sp³-hybridized carbons (Fsp3) is 0.0189. The average molecular weight is 715 g/mol. The molecule has 0 saturated heterocycles. The van der Waals surface area contributed by atoms with E-state index in [1.165, 1.54) is 33.4 Å². The highest BCUT2D eigenvalue weighted by atomic mass is 16.3. The molecule has 0 radical (unpaired) electrons. The van der Waals surface area contributed by atoms with Crippen molar-refractivity contribution >= 4 is 21.9 Å². The van der Waals surface area contributed by atoms with Crippen molar-refractivity contribution in [1.29, 1.82) is 0 Å². The molecular formula is C53H34N2O. The van der Waals surface area contributed by atoms with Crippen LogP contribution in [0.2, 0.25) is 0 Å². The van der Waals surface area contributed by atoms with Crippen LogP contribution >= 0.6 is 0 Å². The lowest BCUT2D eigenvalue weighted by atomic mass is 9.67. The fourth-order valence-corrected chi connectivity index (χ4v) is 8.89. The summed E-state index contributed by atoms with van der Waals surface area (Å²) < 4.78 is 6.79. The number of hydrogen-bond donors (Lipinski definition) is 0. The predicted octanol–water partition coefficient (Wildman–Crippen LogP) is 13.4. The smallest absolute Gasteiger partial charge is 0.160 e. The van der Waals surface area contributed by atoms with Crippen molar-refractivity contribution in [3.05, 3.63) is 229 Å². The summed E-state index contributed by atoms with van der Waals surface area (Å²) in [6, 6.07) is 73.1. The van der Waals surface area contributed by atoms with Gasteiger partial charge < -0.3 is 4.42 Å². The Morgan fingerprint density at radius 3 is 1.52 bits per heavy atom. The highest BCUT2D eigenvalue weighted by molar-refractivity contribution is 6.14. The number of benzene rings is 8. The van der Waals surface area contributed by atoms with Crippen molar-refractivity contribution in [2.45, 2.75) is 5.41 Å². The molecule has 0 amide bonds. The molecule has 3 nitrogen and oxygen atoms in total. The van der Waals surface area contributed by atoms with Crippen molar-refractivity contribution in [1.82, 2.24) is 9.97 Å². The molecule has 0 unspecified atom stereocenters. The van der Waals surface area contributed by atoms with Crippen LogP contribution in [0.3, 0.4) is 0 Å². The molecule has 0 bridgehead atoms. The van der Waals surface area contributed by atoms with Crippen molar-refractivity contribution < 1.29 is 4.42 Å². The summed E-state index contributed by atoms with van der Waals surface area (Å²) in [6.45, 7) is 0. The van der Waals surface area contributed by atoms with E-state index in [4.69, 9.17) is 14.4 Å². The Balaban J connectivity index is 1.07. The summed E-state index contributed by atoms with van der Waals surface area (Å²) in [6.07, 6.45) is 0. The van der Waals surface area contributed by atoms with E-state index in [2.05, 4.69) is 170 Å². The summed E-state index contributed by atoms with van der Waals surface area (Å²) >= 11 is 0. The molecule has 2 aromatic heterocycles. The lowest BCUT2D eigenvalue weighted by Gasteiger charge is -2.33. The van der Waals surface area contributed by atoms with Crippen LogP contribution in [0, 0.1) is 0 Å². The van der Waals surface area contributed by atoms with Gasteiger partial charge in [0.1, 0.15) is 11.2 Å².